The molecule has 19 heavy (non-hydrogen) atoms. The normalized spacial score (nSPS) is 12.5. The lowest BCUT2D eigenvalue weighted by Gasteiger charge is -2.11. The van der Waals surface area contributed by atoms with Crippen LogP contribution in [0.15, 0.2) is 22.8 Å². The van der Waals surface area contributed by atoms with Crippen molar-refractivity contribution in [1.82, 2.24) is 5.32 Å². The molecule has 0 bridgehead atoms. The molecule has 108 valence electrons. The topological polar surface area (TPSA) is 97.7 Å². The fraction of sp³-hybridized carbons (Fsp3) is 0.615. The van der Waals surface area contributed by atoms with E-state index in [1.165, 1.54) is 0 Å². The van der Waals surface area contributed by atoms with E-state index in [2.05, 4.69) is 5.32 Å². The van der Waals surface area contributed by atoms with Gasteiger partial charge in [0.1, 0.15) is 12.4 Å². The maximum Gasteiger partial charge on any atom is 0.217 e. The largest absolute Gasteiger partial charge is 0.467 e. The van der Waals surface area contributed by atoms with Crippen LogP contribution in [0, 0.1) is 0 Å². The van der Waals surface area contributed by atoms with Crippen molar-refractivity contribution in [2.45, 2.75) is 32.0 Å². The molecule has 0 aliphatic heterocycles. The minimum Gasteiger partial charge on any atom is -0.467 e. The van der Waals surface area contributed by atoms with E-state index < -0.39 is 6.10 Å². The molecular formula is C13H22N2O4. The van der Waals surface area contributed by atoms with Gasteiger partial charge in [-0.15, -0.1) is 0 Å². The zero-order valence-corrected chi connectivity index (χ0v) is 11.0. The SMILES string of the molecule is NC(=O)CCCCNCC(O)COCc1ccco1. The van der Waals surface area contributed by atoms with Crippen molar-refractivity contribution in [2.75, 3.05) is 19.7 Å². The molecule has 0 saturated heterocycles. The van der Waals surface area contributed by atoms with Crippen molar-refractivity contribution in [3.63, 3.8) is 0 Å². The number of furan rings is 1. The Hall–Kier alpha value is -1.37. The number of aliphatic hydroxyl groups excluding tert-OH is 1. The number of nitrogens with two attached hydrogens (primary N) is 1. The third-order valence-electron chi connectivity index (χ3n) is 2.54. The Balaban J connectivity index is 1.90. The first kappa shape index (κ1) is 15.7. The molecule has 4 N–H and O–H groups in total. The molecule has 0 aliphatic carbocycles. The van der Waals surface area contributed by atoms with E-state index in [0.717, 1.165) is 25.1 Å². The standard InChI is InChI=1S/C13H22N2O4/c14-13(17)5-1-2-6-15-8-11(16)9-18-10-12-4-3-7-19-12/h3-4,7,11,15-16H,1-2,5-6,8-10H2,(H2,14,17). The summed E-state index contributed by atoms with van der Waals surface area (Å²) in [5.74, 6) is 0.470. The van der Waals surface area contributed by atoms with Gasteiger partial charge in [0.2, 0.25) is 5.91 Å². The lowest BCUT2D eigenvalue weighted by molar-refractivity contribution is -0.118. The Bertz CT molecular complexity index is 340. The number of hydrogen-bond acceptors (Lipinski definition) is 5. The second kappa shape index (κ2) is 9.55. The van der Waals surface area contributed by atoms with Crippen LogP contribution in [0.25, 0.3) is 0 Å². The van der Waals surface area contributed by atoms with Crippen molar-refractivity contribution in [1.29, 1.82) is 0 Å². The quantitative estimate of drug-likeness (QED) is 0.506. The Morgan fingerprint density at radius 2 is 2.37 bits per heavy atom. The molecule has 1 heterocycles. The zero-order chi connectivity index (χ0) is 13.9. The number of rotatable bonds is 11. The molecule has 1 atom stereocenters. The average molecular weight is 270 g/mol. The van der Waals surface area contributed by atoms with Gasteiger partial charge < -0.3 is 25.3 Å². The molecule has 0 aliphatic rings. The third kappa shape index (κ3) is 8.36. The number of primary amides is 1. The molecule has 0 aromatic carbocycles. The zero-order valence-electron chi connectivity index (χ0n) is 11.0. The average Bonchev–Trinajstić information content (AvgIpc) is 2.86. The first-order chi connectivity index (χ1) is 9.18. The summed E-state index contributed by atoms with van der Waals surface area (Å²) in [6.45, 7) is 1.84. The predicted octanol–water partition coefficient (Wildman–Crippen LogP) is 0.402. The van der Waals surface area contributed by atoms with Crippen LogP contribution in [-0.4, -0.2) is 36.8 Å². The van der Waals surface area contributed by atoms with E-state index in [0.29, 0.717) is 19.6 Å². The van der Waals surface area contributed by atoms with E-state index in [1.807, 2.05) is 6.07 Å². The fourth-order valence-corrected chi connectivity index (χ4v) is 1.57. The van der Waals surface area contributed by atoms with E-state index in [4.69, 9.17) is 14.9 Å². The second-order valence-electron chi connectivity index (χ2n) is 4.38. The number of hydrogen-bond donors (Lipinski definition) is 3. The Morgan fingerprint density at radius 1 is 1.53 bits per heavy atom. The molecule has 1 aromatic rings. The van der Waals surface area contributed by atoms with E-state index >= 15 is 0 Å². The summed E-state index contributed by atoms with van der Waals surface area (Å²) in [5, 5.41) is 12.7. The van der Waals surface area contributed by atoms with Gasteiger partial charge in [0, 0.05) is 13.0 Å². The molecule has 0 saturated carbocycles. The molecule has 0 fully saturated rings. The minimum atomic E-state index is -0.550. The molecule has 0 radical (unpaired) electrons. The van der Waals surface area contributed by atoms with Crippen LogP contribution in [0.1, 0.15) is 25.0 Å². The van der Waals surface area contributed by atoms with Crippen LogP contribution >= 0.6 is 0 Å². The summed E-state index contributed by atoms with van der Waals surface area (Å²) in [4.78, 5) is 10.5. The maximum absolute atomic E-state index is 10.5. The third-order valence-corrected chi connectivity index (χ3v) is 2.54. The summed E-state index contributed by atoms with van der Waals surface area (Å²) in [5.41, 5.74) is 5.03. The monoisotopic (exact) mass is 270 g/mol. The predicted molar refractivity (Wildman–Crippen MR) is 70.3 cm³/mol. The van der Waals surface area contributed by atoms with Crippen molar-refractivity contribution < 1.29 is 19.1 Å². The number of unbranched alkanes of at least 4 members (excludes halogenated alkanes) is 1. The second-order valence-corrected chi connectivity index (χ2v) is 4.38. The highest BCUT2D eigenvalue weighted by atomic mass is 16.5. The summed E-state index contributed by atoms with van der Waals surface area (Å²) in [6.07, 6.45) is 3.08. The van der Waals surface area contributed by atoms with E-state index in [-0.39, 0.29) is 12.5 Å². The van der Waals surface area contributed by atoms with Gasteiger partial charge in [0.05, 0.1) is 19.0 Å². The summed E-state index contributed by atoms with van der Waals surface area (Å²) in [7, 11) is 0. The van der Waals surface area contributed by atoms with Gasteiger partial charge in [-0.25, -0.2) is 0 Å². The Labute approximate surface area is 112 Å². The van der Waals surface area contributed by atoms with Crippen molar-refractivity contribution in [2.24, 2.45) is 5.73 Å². The fourth-order valence-electron chi connectivity index (χ4n) is 1.57. The summed E-state index contributed by atoms with van der Waals surface area (Å²) < 4.78 is 10.4. The summed E-state index contributed by atoms with van der Waals surface area (Å²) in [6, 6.07) is 3.62. The number of amides is 1. The van der Waals surface area contributed by atoms with Gasteiger partial charge in [0.25, 0.3) is 0 Å². The lowest BCUT2D eigenvalue weighted by atomic mass is 10.2. The molecule has 1 amide bonds. The number of carbonyl (C=O) groups is 1. The van der Waals surface area contributed by atoms with Gasteiger partial charge in [-0.1, -0.05) is 0 Å². The van der Waals surface area contributed by atoms with E-state index in [1.54, 1.807) is 12.3 Å². The van der Waals surface area contributed by atoms with Crippen LogP contribution in [0.4, 0.5) is 0 Å². The van der Waals surface area contributed by atoms with Gasteiger partial charge in [0.15, 0.2) is 0 Å². The van der Waals surface area contributed by atoms with Crippen LogP contribution in [0.3, 0.4) is 0 Å². The maximum atomic E-state index is 10.5. The molecule has 6 nitrogen and oxygen atoms in total. The van der Waals surface area contributed by atoms with Crippen LogP contribution in [0.2, 0.25) is 0 Å². The Kier molecular flexibility index (Phi) is 7.88. The van der Waals surface area contributed by atoms with Crippen molar-refractivity contribution >= 4 is 5.91 Å². The highest BCUT2D eigenvalue weighted by Crippen LogP contribution is 2.01. The first-order valence-electron chi connectivity index (χ1n) is 6.45. The van der Waals surface area contributed by atoms with Crippen LogP contribution < -0.4 is 11.1 Å². The van der Waals surface area contributed by atoms with Crippen molar-refractivity contribution in [3.8, 4) is 0 Å². The minimum absolute atomic E-state index is 0.259. The highest BCUT2D eigenvalue weighted by molar-refractivity contribution is 5.73. The smallest absolute Gasteiger partial charge is 0.217 e. The first-order valence-corrected chi connectivity index (χ1v) is 6.45. The molecule has 6 heteroatoms. The van der Waals surface area contributed by atoms with Crippen LogP contribution in [0.5, 0.6) is 0 Å². The molecule has 1 aromatic heterocycles. The van der Waals surface area contributed by atoms with Gasteiger partial charge in [-0.05, 0) is 31.5 Å². The number of carbonyl (C=O) groups excluding carboxylic acids is 1. The van der Waals surface area contributed by atoms with Gasteiger partial charge in [-0.2, -0.15) is 0 Å². The lowest BCUT2D eigenvalue weighted by Crippen LogP contribution is -2.31. The molecular weight excluding hydrogens is 248 g/mol. The number of ether oxygens (including phenoxy) is 1. The highest BCUT2D eigenvalue weighted by Gasteiger charge is 2.04. The van der Waals surface area contributed by atoms with Gasteiger partial charge >= 0.3 is 0 Å². The van der Waals surface area contributed by atoms with Crippen LogP contribution in [-0.2, 0) is 16.1 Å². The summed E-state index contributed by atoms with van der Waals surface area (Å²) >= 11 is 0. The number of nitrogens with one attached hydrogen (secondary N) is 1. The molecule has 0 spiro atoms. The molecule has 1 unspecified atom stereocenters. The Morgan fingerprint density at radius 3 is 3.05 bits per heavy atom. The molecule has 1 rings (SSSR count). The van der Waals surface area contributed by atoms with Gasteiger partial charge in [-0.3, -0.25) is 4.79 Å². The number of aliphatic hydroxyl groups is 1. The van der Waals surface area contributed by atoms with Crippen molar-refractivity contribution in [3.05, 3.63) is 24.2 Å². The van der Waals surface area contributed by atoms with E-state index in [9.17, 15) is 9.90 Å².